The molecule has 0 heterocycles. The predicted octanol–water partition coefficient (Wildman–Crippen LogP) is 3.51. The average Bonchev–Trinajstić information content (AvgIpc) is 2.60. The number of anilines is 1. The van der Waals surface area contributed by atoms with Crippen LogP contribution in [0.4, 0.5) is 5.69 Å². The number of hydrogen-bond acceptors (Lipinski definition) is 3. The van der Waals surface area contributed by atoms with Gasteiger partial charge in [0.05, 0.1) is 0 Å². The SMILES string of the molecule is CN(CCN(C)c1ccccc1)C(=O)CC(N)c1ccccc1.Cl.Cl. The van der Waals surface area contributed by atoms with Gasteiger partial charge in [-0.15, -0.1) is 24.8 Å². The van der Waals surface area contributed by atoms with E-state index in [1.807, 2.05) is 62.6 Å². The van der Waals surface area contributed by atoms with E-state index in [-0.39, 0.29) is 36.8 Å². The lowest BCUT2D eigenvalue weighted by molar-refractivity contribution is -0.130. The van der Waals surface area contributed by atoms with Crippen molar-refractivity contribution < 1.29 is 4.79 Å². The predicted molar refractivity (Wildman–Crippen MR) is 110 cm³/mol. The van der Waals surface area contributed by atoms with Crippen LogP contribution in [-0.4, -0.2) is 38.0 Å². The second kappa shape index (κ2) is 11.7. The molecule has 0 aliphatic carbocycles. The summed E-state index contributed by atoms with van der Waals surface area (Å²) in [6.45, 7) is 1.46. The molecule has 1 amide bonds. The molecule has 0 aliphatic rings. The van der Waals surface area contributed by atoms with Crippen molar-refractivity contribution in [1.29, 1.82) is 0 Å². The molecule has 0 saturated heterocycles. The molecule has 2 rings (SSSR count). The highest BCUT2D eigenvalue weighted by atomic mass is 35.5. The number of hydrogen-bond donors (Lipinski definition) is 1. The van der Waals surface area contributed by atoms with Crippen molar-refractivity contribution >= 4 is 36.4 Å². The van der Waals surface area contributed by atoms with Gasteiger partial charge in [-0.05, 0) is 17.7 Å². The van der Waals surface area contributed by atoms with Crippen molar-refractivity contribution in [3.05, 3.63) is 66.2 Å². The van der Waals surface area contributed by atoms with E-state index in [9.17, 15) is 4.79 Å². The largest absolute Gasteiger partial charge is 0.373 e. The maximum Gasteiger partial charge on any atom is 0.224 e. The van der Waals surface area contributed by atoms with Crippen LogP contribution in [0.3, 0.4) is 0 Å². The lowest BCUT2D eigenvalue weighted by Crippen LogP contribution is -2.36. The topological polar surface area (TPSA) is 49.6 Å². The zero-order valence-electron chi connectivity index (χ0n) is 14.7. The highest BCUT2D eigenvalue weighted by Gasteiger charge is 2.15. The van der Waals surface area contributed by atoms with Gasteiger partial charge in [0.15, 0.2) is 0 Å². The van der Waals surface area contributed by atoms with E-state index in [4.69, 9.17) is 5.73 Å². The summed E-state index contributed by atoms with van der Waals surface area (Å²) in [5.41, 5.74) is 8.27. The van der Waals surface area contributed by atoms with Gasteiger partial charge < -0.3 is 15.5 Å². The number of rotatable bonds is 7. The van der Waals surface area contributed by atoms with Gasteiger partial charge in [-0.3, -0.25) is 4.79 Å². The number of likely N-dealkylation sites (N-methyl/N-ethyl adjacent to an activating group) is 2. The molecule has 1 atom stereocenters. The maximum absolute atomic E-state index is 12.3. The Morgan fingerprint density at radius 2 is 1.44 bits per heavy atom. The van der Waals surface area contributed by atoms with Gasteiger partial charge in [-0.1, -0.05) is 48.5 Å². The van der Waals surface area contributed by atoms with Crippen LogP contribution >= 0.6 is 24.8 Å². The summed E-state index contributed by atoms with van der Waals surface area (Å²) in [6, 6.07) is 19.7. The Kier molecular flexibility index (Phi) is 10.9. The average molecular weight is 384 g/mol. The minimum Gasteiger partial charge on any atom is -0.373 e. The number of carbonyl (C=O) groups is 1. The Labute approximate surface area is 162 Å². The van der Waals surface area contributed by atoms with E-state index in [2.05, 4.69) is 17.0 Å². The third-order valence-corrected chi connectivity index (χ3v) is 4.02. The van der Waals surface area contributed by atoms with Gasteiger partial charge >= 0.3 is 0 Å². The van der Waals surface area contributed by atoms with Gasteiger partial charge in [0.1, 0.15) is 0 Å². The summed E-state index contributed by atoms with van der Waals surface area (Å²) >= 11 is 0. The van der Waals surface area contributed by atoms with Crippen molar-refractivity contribution in [1.82, 2.24) is 4.90 Å². The lowest BCUT2D eigenvalue weighted by atomic mass is 10.0. The van der Waals surface area contributed by atoms with Crippen LogP contribution < -0.4 is 10.6 Å². The Morgan fingerprint density at radius 3 is 2.00 bits per heavy atom. The van der Waals surface area contributed by atoms with Crippen molar-refractivity contribution in [3.63, 3.8) is 0 Å². The first-order valence-corrected chi connectivity index (χ1v) is 7.88. The zero-order chi connectivity index (χ0) is 16.7. The van der Waals surface area contributed by atoms with Crippen LogP contribution in [0.25, 0.3) is 0 Å². The van der Waals surface area contributed by atoms with E-state index in [0.717, 1.165) is 17.8 Å². The highest BCUT2D eigenvalue weighted by Crippen LogP contribution is 2.15. The van der Waals surface area contributed by atoms with Crippen LogP contribution in [0.2, 0.25) is 0 Å². The molecular formula is C19H27Cl2N3O. The zero-order valence-corrected chi connectivity index (χ0v) is 16.3. The monoisotopic (exact) mass is 383 g/mol. The standard InChI is InChI=1S/C19H25N3O.2ClH/c1-21(17-11-7-4-8-12-17)13-14-22(2)19(23)15-18(20)16-9-5-3-6-10-16;;/h3-12,18H,13-15,20H2,1-2H3;2*1H. The Morgan fingerprint density at radius 1 is 0.920 bits per heavy atom. The van der Waals surface area contributed by atoms with E-state index in [1.165, 1.54) is 0 Å². The first-order chi connectivity index (χ1) is 11.1. The Hall–Kier alpha value is -1.75. The minimum atomic E-state index is -0.252. The van der Waals surface area contributed by atoms with E-state index >= 15 is 0 Å². The number of halogens is 2. The van der Waals surface area contributed by atoms with Crippen LogP contribution in [0.5, 0.6) is 0 Å². The van der Waals surface area contributed by atoms with Crippen LogP contribution in [0, 0.1) is 0 Å². The van der Waals surface area contributed by atoms with E-state index in [1.54, 1.807) is 4.90 Å². The Balaban J connectivity index is 0.00000288. The molecule has 0 bridgehead atoms. The molecule has 4 nitrogen and oxygen atoms in total. The molecular weight excluding hydrogens is 357 g/mol. The van der Waals surface area contributed by atoms with Gasteiger partial charge in [-0.25, -0.2) is 0 Å². The maximum atomic E-state index is 12.3. The number of amides is 1. The van der Waals surface area contributed by atoms with Crippen molar-refractivity contribution in [2.75, 3.05) is 32.1 Å². The summed E-state index contributed by atoms with van der Waals surface area (Å²) in [5.74, 6) is 0.0721. The molecule has 0 aliphatic heterocycles. The molecule has 2 aromatic rings. The summed E-state index contributed by atoms with van der Waals surface area (Å²) < 4.78 is 0. The summed E-state index contributed by atoms with van der Waals surface area (Å²) in [4.78, 5) is 16.2. The number of benzene rings is 2. The number of nitrogens with zero attached hydrogens (tertiary/aromatic N) is 2. The number of nitrogens with two attached hydrogens (primary N) is 1. The van der Waals surface area contributed by atoms with Crippen molar-refractivity contribution in [2.45, 2.75) is 12.5 Å². The van der Waals surface area contributed by atoms with Crippen molar-refractivity contribution in [3.8, 4) is 0 Å². The smallest absolute Gasteiger partial charge is 0.224 e. The molecule has 2 aromatic carbocycles. The lowest BCUT2D eigenvalue weighted by Gasteiger charge is -2.24. The number of para-hydroxylation sites is 1. The minimum absolute atomic E-state index is 0. The van der Waals surface area contributed by atoms with E-state index < -0.39 is 0 Å². The second-order valence-corrected chi connectivity index (χ2v) is 5.79. The molecule has 6 heteroatoms. The molecule has 0 aromatic heterocycles. The fourth-order valence-electron chi connectivity index (χ4n) is 2.40. The highest BCUT2D eigenvalue weighted by molar-refractivity contribution is 5.85. The fourth-order valence-corrected chi connectivity index (χ4v) is 2.40. The molecule has 2 N–H and O–H groups in total. The molecule has 1 unspecified atom stereocenters. The van der Waals surface area contributed by atoms with Gasteiger partial charge in [-0.2, -0.15) is 0 Å². The number of carbonyl (C=O) groups excluding carboxylic acids is 1. The fraction of sp³-hybridized carbons (Fsp3) is 0.316. The summed E-state index contributed by atoms with van der Waals surface area (Å²) in [6.07, 6.45) is 0.329. The van der Waals surface area contributed by atoms with Gasteiger partial charge in [0.25, 0.3) is 0 Å². The first kappa shape index (κ1) is 23.2. The van der Waals surface area contributed by atoms with Crippen LogP contribution in [0.1, 0.15) is 18.0 Å². The molecule has 0 fully saturated rings. The first-order valence-electron chi connectivity index (χ1n) is 7.88. The van der Waals surface area contributed by atoms with Gasteiger partial charge in [0, 0.05) is 45.3 Å². The Bertz CT molecular complexity index is 611. The van der Waals surface area contributed by atoms with Gasteiger partial charge in [0.2, 0.25) is 5.91 Å². The molecule has 0 saturated carbocycles. The molecule has 138 valence electrons. The third-order valence-electron chi connectivity index (χ3n) is 4.02. The summed E-state index contributed by atoms with van der Waals surface area (Å²) in [7, 11) is 3.86. The molecule has 25 heavy (non-hydrogen) atoms. The molecule has 0 spiro atoms. The quantitative estimate of drug-likeness (QED) is 0.795. The molecule has 0 radical (unpaired) electrons. The van der Waals surface area contributed by atoms with Crippen LogP contribution in [0.15, 0.2) is 60.7 Å². The summed E-state index contributed by atoms with van der Waals surface area (Å²) in [5, 5.41) is 0. The third kappa shape index (κ3) is 7.34. The van der Waals surface area contributed by atoms with Crippen molar-refractivity contribution in [2.24, 2.45) is 5.73 Å². The normalized spacial score (nSPS) is 10.8. The second-order valence-electron chi connectivity index (χ2n) is 5.79. The van der Waals surface area contributed by atoms with E-state index in [0.29, 0.717) is 13.0 Å². The van der Waals surface area contributed by atoms with Crippen LogP contribution in [-0.2, 0) is 4.79 Å².